The van der Waals surface area contributed by atoms with E-state index in [-0.39, 0.29) is 12.4 Å². The summed E-state index contributed by atoms with van der Waals surface area (Å²) in [5.41, 5.74) is 2.87. The van der Waals surface area contributed by atoms with Crippen molar-refractivity contribution in [1.82, 2.24) is 0 Å². The number of benzene rings is 4. The summed E-state index contributed by atoms with van der Waals surface area (Å²) < 4.78 is 16.8. The van der Waals surface area contributed by atoms with Crippen LogP contribution in [0.4, 0.5) is 0 Å². The Bertz CT molecular complexity index is 1250. The molecule has 0 radical (unpaired) electrons. The van der Waals surface area contributed by atoms with Crippen molar-refractivity contribution in [3.05, 3.63) is 131 Å². The first-order valence-corrected chi connectivity index (χ1v) is 11.5. The van der Waals surface area contributed by atoms with Gasteiger partial charge in [-0.05, 0) is 41.5 Å². The summed E-state index contributed by atoms with van der Waals surface area (Å²) in [6.45, 7) is 0.694. The van der Waals surface area contributed by atoms with Gasteiger partial charge in [0.05, 0.1) is 18.8 Å². The zero-order valence-corrected chi connectivity index (χ0v) is 19.3. The third-order valence-corrected chi connectivity index (χ3v) is 5.35. The number of ether oxygens (including phenoxy) is 3. The van der Waals surface area contributed by atoms with Crippen LogP contribution in [0, 0.1) is 0 Å². The second-order valence-electron chi connectivity index (χ2n) is 7.87. The molecule has 0 N–H and O–H groups in total. The Morgan fingerprint density at radius 2 is 1.23 bits per heavy atom. The van der Waals surface area contributed by atoms with Crippen LogP contribution in [0.3, 0.4) is 0 Å². The molecule has 0 aromatic heterocycles. The quantitative estimate of drug-likeness (QED) is 0.214. The molecule has 0 bridgehead atoms. The monoisotopic (exact) mass is 466 g/mol. The van der Waals surface area contributed by atoms with E-state index in [2.05, 4.69) is 0 Å². The molecule has 5 nitrogen and oxygen atoms in total. The molecule has 0 saturated carbocycles. The molecule has 4 rings (SSSR count). The molecule has 0 atom stereocenters. The van der Waals surface area contributed by atoms with Crippen molar-refractivity contribution in [2.24, 2.45) is 0 Å². The van der Waals surface area contributed by atoms with E-state index >= 15 is 0 Å². The van der Waals surface area contributed by atoms with Gasteiger partial charge in [0, 0.05) is 12.8 Å². The van der Waals surface area contributed by atoms with Crippen molar-refractivity contribution in [3.63, 3.8) is 0 Å². The van der Waals surface area contributed by atoms with Gasteiger partial charge in [0.25, 0.3) is 0 Å². The van der Waals surface area contributed by atoms with Gasteiger partial charge in [0.1, 0.15) is 17.1 Å². The molecule has 176 valence electrons. The molecule has 35 heavy (non-hydrogen) atoms. The number of esters is 2. The minimum atomic E-state index is -0.560. The lowest BCUT2D eigenvalue weighted by atomic mass is 10.1. The lowest BCUT2D eigenvalue weighted by Crippen LogP contribution is -2.13. The number of para-hydroxylation sites is 1. The highest BCUT2D eigenvalue weighted by atomic mass is 16.5. The topological polar surface area (TPSA) is 61.8 Å². The molecular formula is C30H26O5. The fourth-order valence-corrected chi connectivity index (χ4v) is 3.52. The fourth-order valence-electron chi connectivity index (χ4n) is 3.52. The second kappa shape index (κ2) is 12.2. The lowest BCUT2D eigenvalue weighted by molar-refractivity contribution is 0.0507. The highest BCUT2D eigenvalue weighted by Gasteiger charge is 2.16. The zero-order chi connectivity index (χ0) is 24.3. The van der Waals surface area contributed by atoms with E-state index in [0.29, 0.717) is 29.9 Å². The molecule has 4 aromatic carbocycles. The molecule has 5 heteroatoms. The van der Waals surface area contributed by atoms with Crippen molar-refractivity contribution in [2.75, 3.05) is 13.2 Å². The van der Waals surface area contributed by atoms with Crippen molar-refractivity contribution in [1.29, 1.82) is 0 Å². The van der Waals surface area contributed by atoms with Gasteiger partial charge < -0.3 is 14.2 Å². The highest BCUT2D eigenvalue weighted by molar-refractivity contribution is 5.94. The van der Waals surface area contributed by atoms with Crippen molar-refractivity contribution < 1.29 is 23.8 Å². The predicted octanol–water partition coefficient (Wildman–Crippen LogP) is 5.93. The molecule has 0 aliphatic heterocycles. The van der Waals surface area contributed by atoms with Gasteiger partial charge in [-0.3, -0.25) is 0 Å². The molecule has 0 saturated heterocycles. The van der Waals surface area contributed by atoms with Gasteiger partial charge in [0.15, 0.2) is 0 Å². The second-order valence-corrected chi connectivity index (χ2v) is 7.87. The van der Waals surface area contributed by atoms with Gasteiger partial charge in [-0.25, -0.2) is 9.59 Å². The first-order valence-electron chi connectivity index (χ1n) is 11.5. The molecule has 0 unspecified atom stereocenters. The third kappa shape index (κ3) is 7.05. The van der Waals surface area contributed by atoms with E-state index in [1.807, 2.05) is 60.7 Å². The van der Waals surface area contributed by atoms with Gasteiger partial charge in [-0.1, -0.05) is 78.9 Å². The highest BCUT2D eigenvalue weighted by Crippen LogP contribution is 2.22. The summed E-state index contributed by atoms with van der Waals surface area (Å²) in [5.74, 6) is -0.324. The summed E-state index contributed by atoms with van der Waals surface area (Å²) in [5, 5.41) is 0. The molecule has 0 aliphatic carbocycles. The molecule has 0 aliphatic rings. The molecule has 0 heterocycles. The summed E-state index contributed by atoms with van der Waals surface area (Å²) >= 11 is 0. The third-order valence-electron chi connectivity index (χ3n) is 5.35. The number of carbonyl (C=O) groups excluding carboxylic acids is 2. The van der Waals surface area contributed by atoms with Crippen LogP contribution in [0.1, 0.15) is 31.8 Å². The van der Waals surface area contributed by atoms with Crippen LogP contribution < -0.4 is 9.47 Å². The summed E-state index contributed by atoms with van der Waals surface area (Å²) in [6.07, 6.45) is 1.35. The summed E-state index contributed by atoms with van der Waals surface area (Å²) in [7, 11) is 0. The molecule has 4 aromatic rings. The van der Waals surface area contributed by atoms with Crippen LogP contribution in [0.15, 0.2) is 109 Å². The van der Waals surface area contributed by atoms with Crippen molar-refractivity contribution in [2.45, 2.75) is 12.8 Å². The van der Waals surface area contributed by atoms with E-state index < -0.39 is 11.9 Å². The Kier molecular flexibility index (Phi) is 8.28. The Morgan fingerprint density at radius 3 is 1.94 bits per heavy atom. The van der Waals surface area contributed by atoms with Crippen LogP contribution in [-0.4, -0.2) is 25.2 Å². The maximum atomic E-state index is 12.9. The van der Waals surface area contributed by atoms with Crippen LogP contribution in [0.5, 0.6) is 11.5 Å². The smallest absolute Gasteiger partial charge is 0.347 e. The number of hydrogen-bond acceptors (Lipinski definition) is 5. The maximum absolute atomic E-state index is 12.9. The van der Waals surface area contributed by atoms with Crippen LogP contribution in [-0.2, 0) is 17.6 Å². The van der Waals surface area contributed by atoms with E-state index in [1.54, 1.807) is 42.5 Å². The summed E-state index contributed by atoms with van der Waals surface area (Å²) in [4.78, 5) is 25.3. The van der Waals surface area contributed by atoms with Crippen molar-refractivity contribution >= 4 is 11.9 Å². The van der Waals surface area contributed by atoms with Crippen LogP contribution in [0.2, 0.25) is 0 Å². The first-order chi connectivity index (χ1) is 17.2. The number of hydrogen-bond donors (Lipinski definition) is 0. The summed E-state index contributed by atoms with van der Waals surface area (Å²) in [6, 6.07) is 33.1. The lowest BCUT2D eigenvalue weighted by Gasteiger charge is -2.12. The molecule has 0 amide bonds. The van der Waals surface area contributed by atoms with Crippen LogP contribution >= 0.6 is 0 Å². The average molecular weight is 467 g/mol. The van der Waals surface area contributed by atoms with Gasteiger partial charge in [-0.2, -0.15) is 0 Å². The number of rotatable bonds is 10. The Hall–Kier alpha value is -4.38. The van der Waals surface area contributed by atoms with Crippen LogP contribution in [0.25, 0.3) is 0 Å². The predicted molar refractivity (Wildman–Crippen MR) is 134 cm³/mol. The van der Waals surface area contributed by atoms with Gasteiger partial charge in [0.2, 0.25) is 0 Å². The minimum absolute atomic E-state index is 0.256. The number of carbonyl (C=O) groups is 2. The van der Waals surface area contributed by atoms with E-state index in [1.165, 1.54) is 6.07 Å². The molecule has 0 spiro atoms. The standard InChI is InChI=1S/C30H26O5/c31-29(34-21-19-24-12-5-2-6-13-24)25-14-9-15-26(22-25)35-30(32)27-16-7-8-17-28(27)33-20-18-23-10-3-1-4-11-23/h1-17,22H,18-21H2. The average Bonchev–Trinajstić information content (AvgIpc) is 2.90. The zero-order valence-electron chi connectivity index (χ0n) is 19.3. The minimum Gasteiger partial charge on any atom is -0.492 e. The Labute approximate surface area is 204 Å². The Balaban J connectivity index is 1.34. The fraction of sp³-hybridized carbons (Fsp3) is 0.133. The largest absolute Gasteiger partial charge is 0.492 e. The van der Waals surface area contributed by atoms with Gasteiger partial charge in [-0.15, -0.1) is 0 Å². The molecule has 0 fully saturated rings. The normalized spacial score (nSPS) is 10.4. The van der Waals surface area contributed by atoms with Gasteiger partial charge >= 0.3 is 11.9 Å². The van der Waals surface area contributed by atoms with Crippen molar-refractivity contribution in [3.8, 4) is 11.5 Å². The maximum Gasteiger partial charge on any atom is 0.347 e. The van der Waals surface area contributed by atoms with E-state index in [0.717, 1.165) is 17.5 Å². The van der Waals surface area contributed by atoms with E-state index in [4.69, 9.17) is 14.2 Å². The van der Waals surface area contributed by atoms with E-state index in [9.17, 15) is 9.59 Å². The Morgan fingerprint density at radius 1 is 0.600 bits per heavy atom. The SMILES string of the molecule is O=C(OCCc1ccccc1)c1cccc(OC(=O)c2ccccc2OCCc2ccccc2)c1. The first kappa shape index (κ1) is 23.8. The molecular weight excluding hydrogens is 440 g/mol.